The molecule has 0 spiro atoms. The van der Waals surface area contributed by atoms with Crippen molar-refractivity contribution in [2.45, 2.75) is 39.3 Å². The molecule has 0 aliphatic carbocycles. The summed E-state index contributed by atoms with van der Waals surface area (Å²) < 4.78 is 24.8. The maximum absolute atomic E-state index is 13.3. The van der Waals surface area contributed by atoms with Gasteiger partial charge in [-0.15, -0.1) is 0 Å². The minimum atomic E-state index is -0.449. The molecule has 1 aromatic heterocycles. The number of aryl methyl sites for hydroxylation is 1. The highest BCUT2D eigenvalue weighted by atomic mass is 79.9. The Morgan fingerprint density at radius 3 is 2.70 bits per heavy atom. The van der Waals surface area contributed by atoms with E-state index in [0.717, 1.165) is 12.0 Å². The molecule has 0 saturated carbocycles. The number of nitrogens with one attached hydrogen (secondary N) is 1. The van der Waals surface area contributed by atoms with Crippen LogP contribution < -0.4 is 15.0 Å². The fraction of sp³-hybridized carbons (Fsp3) is 0.304. The number of hydrogen-bond acceptors (Lipinski definition) is 7. The Labute approximate surface area is 199 Å². The third kappa shape index (κ3) is 5.22. The first kappa shape index (κ1) is 22.9. The van der Waals surface area contributed by atoms with E-state index in [-0.39, 0.29) is 23.8 Å². The van der Waals surface area contributed by atoms with Crippen LogP contribution in [-0.2, 0) is 4.74 Å². The number of halogens is 2. The number of ether oxygens (including phenoxy) is 2. The average molecular weight is 516 g/mol. The molecule has 2 atom stereocenters. The molecule has 2 heterocycles. The number of benzene rings is 2. The van der Waals surface area contributed by atoms with Crippen LogP contribution in [0, 0.1) is 12.7 Å². The largest absolute Gasteiger partial charge is 0.456 e. The predicted octanol–water partition coefficient (Wildman–Crippen LogP) is 5.78. The standard InChI is InChI=1S/C23H23BrFN5O3/c1-4-17-12-32-23(31)30(17)22-28-14(3)27-21(29-22)26-13(2)15-5-8-18(9-6-15)33-20-10-7-16(25)11-19(20)24/h5-11,13,17H,4,12H2,1-3H3,(H,26,27,28,29)/t13-,17?/m0/s1. The Kier molecular flexibility index (Phi) is 6.73. The molecule has 172 valence electrons. The summed E-state index contributed by atoms with van der Waals surface area (Å²) in [4.78, 5) is 26.8. The summed E-state index contributed by atoms with van der Waals surface area (Å²) >= 11 is 3.30. The molecule has 2 aromatic carbocycles. The van der Waals surface area contributed by atoms with Crippen LogP contribution in [0.4, 0.5) is 21.1 Å². The number of cyclic esters (lactones) is 1. The van der Waals surface area contributed by atoms with Crippen LogP contribution in [0.25, 0.3) is 0 Å². The van der Waals surface area contributed by atoms with Gasteiger partial charge in [-0.05, 0) is 72.1 Å². The van der Waals surface area contributed by atoms with Gasteiger partial charge in [-0.2, -0.15) is 15.0 Å². The molecule has 33 heavy (non-hydrogen) atoms. The van der Waals surface area contributed by atoms with E-state index in [9.17, 15) is 9.18 Å². The summed E-state index contributed by atoms with van der Waals surface area (Å²) in [6.07, 6.45) is 0.285. The molecule has 0 radical (unpaired) electrons. The number of rotatable bonds is 7. The minimum Gasteiger partial charge on any atom is -0.456 e. The molecular formula is C23H23BrFN5O3. The smallest absolute Gasteiger partial charge is 0.417 e. The molecule has 1 amide bonds. The predicted molar refractivity (Wildman–Crippen MR) is 125 cm³/mol. The normalized spacial score (nSPS) is 16.5. The second-order valence-electron chi connectivity index (χ2n) is 7.63. The van der Waals surface area contributed by atoms with E-state index < -0.39 is 6.09 Å². The zero-order valence-corrected chi connectivity index (χ0v) is 20.0. The van der Waals surface area contributed by atoms with Crippen molar-refractivity contribution in [1.29, 1.82) is 0 Å². The lowest BCUT2D eigenvalue weighted by molar-refractivity contribution is 0.178. The number of amides is 1. The number of carbonyl (C=O) groups excluding carboxylic acids is 1. The molecular weight excluding hydrogens is 493 g/mol. The first-order chi connectivity index (χ1) is 15.8. The van der Waals surface area contributed by atoms with Crippen molar-refractivity contribution in [3.05, 3.63) is 64.1 Å². The first-order valence-electron chi connectivity index (χ1n) is 10.5. The summed E-state index contributed by atoms with van der Waals surface area (Å²) in [5.74, 6) is 1.95. The maximum Gasteiger partial charge on any atom is 0.417 e. The third-order valence-electron chi connectivity index (χ3n) is 5.23. The molecule has 1 fully saturated rings. The van der Waals surface area contributed by atoms with Gasteiger partial charge in [0.25, 0.3) is 0 Å². The van der Waals surface area contributed by atoms with E-state index in [0.29, 0.717) is 34.4 Å². The summed E-state index contributed by atoms with van der Waals surface area (Å²) in [5, 5.41) is 3.26. The lowest BCUT2D eigenvalue weighted by Crippen LogP contribution is -2.34. The lowest BCUT2D eigenvalue weighted by Gasteiger charge is -2.20. The van der Waals surface area contributed by atoms with E-state index in [1.807, 2.05) is 38.1 Å². The molecule has 0 bridgehead atoms. The van der Waals surface area contributed by atoms with Gasteiger partial charge in [-0.3, -0.25) is 0 Å². The highest BCUT2D eigenvalue weighted by Crippen LogP contribution is 2.31. The molecule has 1 saturated heterocycles. The van der Waals surface area contributed by atoms with E-state index in [1.54, 1.807) is 13.0 Å². The zero-order valence-electron chi connectivity index (χ0n) is 18.4. The van der Waals surface area contributed by atoms with Crippen LogP contribution in [0.1, 0.15) is 37.7 Å². The lowest BCUT2D eigenvalue weighted by atomic mass is 10.1. The number of aromatic nitrogens is 3. The highest BCUT2D eigenvalue weighted by Gasteiger charge is 2.35. The zero-order chi connectivity index (χ0) is 23.5. The summed E-state index contributed by atoms with van der Waals surface area (Å²) in [6.45, 7) is 6.03. The SMILES string of the molecule is CCC1COC(=O)N1c1nc(C)nc(N[C@@H](C)c2ccc(Oc3ccc(F)cc3Br)cc2)n1. The van der Waals surface area contributed by atoms with Gasteiger partial charge in [-0.1, -0.05) is 19.1 Å². The van der Waals surface area contributed by atoms with Gasteiger partial charge in [0.15, 0.2) is 0 Å². The molecule has 10 heteroatoms. The summed E-state index contributed by atoms with van der Waals surface area (Å²) in [7, 11) is 0. The Balaban J connectivity index is 1.47. The average Bonchev–Trinajstić information content (AvgIpc) is 3.16. The second-order valence-corrected chi connectivity index (χ2v) is 8.48. The highest BCUT2D eigenvalue weighted by molar-refractivity contribution is 9.10. The van der Waals surface area contributed by atoms with Crippen LogP contribution in [0.15, 0.2) is 46.9 Å². The molecule has 8 nitrogen and oxygen atoms in total. The van der Waals surface area contributed by atoms with Crippen molar-refractivity contribution < 1.29 is 18.7 Å². The van der Waals surface area contributed by atoms with Gasteiger partial charge in [0.05, 0.1) is 16.6 Å². The second kappa shape index (κ2) is 9.70. The molecule has 1 aliphatic heterocycles. The van der Waals surface area contributed by atoms with Gasteiger partial charge in [0.2, 0.25) is 11.9 Å². The van der Waals surface area contributed by atoms with Gasteiger partial charge in [-0.25, -0.2) is 14.1 Å². The fourth-order valence-corrected chi connectivity index (χ4v) is 3.86. The molecule has 1 aliphatic rings. The molecule has 3 aromatic rings. The quantitative estimate of drug-likeness (QED) is 0.426. The number of nitrogens with zero attached hydrogens (tertiary/aromatic N) is 4. The van der Waals surface area contributed by atoms with Crippen LogP contribution in [0.5, 0.6) is 11.5 Å². The van der Waals surface area contributed by atoms with E-state index in [1.165, 1.54) is 17.0 Å². The van der Waals surface area contributed by atoms with Crippen LogP contribution in [-0.4, -0.2) is 33.7 Å². The Hall–Kier alpha value is -3.27. The van der Waals surface area contributed by atoms with Crippen molar-refractivity contribution in [2.24, 2.45) is 0 Å². The van der Waals surface area contributed by atoms with Crippen molar-refractivity contribution in [3.8, 4) is 11.5 Å². The van der Waals surface area contributed by atoms with Crippen LogP contribution >= 0.6 is 15.9 Å². The summed E-state index contributed by atoms with van der Waals surface area (Å²) in [6, 6.07) is 11.5. The molecule has 1 unspecified atom stereocenters. The number of carbonyl (C=O) groups is 1. The van der Waals surface area contributed by atoms with Gasteiger partial charge < -0.3 is 14.8 Å². The third-order valence-corrected chi connectivity index (χ3v) is 5.85. The van der Waals surface area contributed by atoms with Gasteiger partial charge in [0, 0.05) is 0 Å². The van der Waals surface area contributed by atoms with Crippen LogP contribution in [0.3, 0.4) is 0 Å². The van der Waals surface area contributed by atoms with Crippen molar-refractivity contribution in [3.63, 3.8) is 0 Å². The summed E-state index contributed by atoms with van der Waals surface area (Å²) in [5.41, 5.74) is 0.979. The van der Waals surface area contributed by atoms with Gasteiger partial charge in [0.1, 0.15) is 29.7 Å². The molecule has 4 rings (SSSR count). The van der Waals surface area contributed by atoms with Crippen molar-refractivity contribution in [2.75, 3.05) is 16.8 Å². The topological polar surface area (TPSA) is 89.5 Å². The Bertz CT molecular complexity index is 1160. The van der Waals surface area contributed by atoms with E-state index in [4.69, 9.17) is 9.47 Å². The Morgan fingerprint density at radius 1 is 1.24 bits per heavy atom. The van der Waals surface area contributed by atoms with E-state index >= 15 is 0 Å². The number of anilines is 2. The minimum absolute atomic E-state index is 0.0988. The fourth-order valence-electron chi connectivity index (χ4n) is 3.43. The Morgan fingerprint density at radius 2 is 2.00 bits per heavy atom. The maximum atomic E-state index is 13.3. The van der Waals surface area contributed by atoms with Gasteiger partial charge >= 0.3 is 6.09 Å². The number of hydrogen-bond donors (Lipinski definition) is 1. The first-order valence-corrected chi connectivity index (χ1v) is 11.3. The monoisotopic (exact) mass is 515 g/mol. The molecule has 1 N–H and O–H groups in total. The van der Waals surface area contributed by atoms with Crippen molar-refractivity contribution >= 4 is 33.9 Å². The van der Waals surface area contributed by atoms with Crippen molar-refractivity contribution in [1.82, 2.24) is 15.0 Å². The van der Waals surface area contributed by atoms with Crippen LogP contribution in [0.2, 0.25) is 0 Å². The van der Waals surface area contributed by atoms with E-state index in [2.05, 4.69) is 36.2 Å².